The third-order valence-electron chi connectivity index (χ3n) is 10.8. The Balaban J connectivity index is 4.31. The summed E-state index contributed by atoms with van der Waals surface area (Å²) in [7, 11) is 0. The molecular formula is C49H92O6. The molecule has 0 fully saturated rings. The first kappa shape index (κ1) is 53.1. The van der Waals surface area contributed by atoms with Crippen molar-refractivity contribution >= 4 is 17.9 Å². The van der Waals surface area contributed by atoms with Crippen molar-refractivity contribution < 1.29 is 28.6 Å². The molecule has 0 N–H and O–H groups in total. The molecule has 0 aliphatic carbocycles. The SMILES string of the molecule is CCCCCCCC/C=C\CCCCCC(=O)OC(COC(=O)CCCCCCCCCCC)COC(=O)CCCCCCCCCCCCCCCCC. The zero-order chi connectivity index (χ0) is 40.1. The summed E-state index contributed by atoms with van der Waals surface area (Å²) >= 11 is 0. The summed E-state index contributed by atoms with van der Waals surface area (Å²) in [5.41, 5.74) is 0. The van der Waals surface area contributed by atoms with Crippen LogP contribution in [0.3, 0.4) is 0 Å². The number of allylic oxidation sites excluding steroid dienone is 2. The first-order chi connectivity index (χ1) is 27.0. The Kier molecular flexibility index (Phi) is 43.4. The fourth-order valence-electron chi connectivity index (χ4n) is 7.08. The van der Waals surface area contributed by atoms with Crippen LogP contribution in [-0.2, 0) is 28.6 Å². The van der Waals surface area contributed by atoms with Crippen molar-refractivity contribution in [2.24, 2.45) is 0 Å². The van der Waals surface area contributed by atoms with Crippen LogP contribution in [0.4, 0.5) is 0 Å². The monoisotopic (exact) mass is 777 g/mol. The van der Waals surface area contributed by atoms with E-state index in [1.807, 2.05) is 0 Å². The van der Waals surface area contributed by atoms with Crippen LogP contribution in [0.1, 0.15) is 265 Å². The van der Waals surface area contributed by atoms with Crippen molar-refractivity contribution in [1.82, 2.24) is 0 Å². The van der Waals surface area contributed by atoms with E-state index in [9.17, 15) is 14.4 Å². The Labute approximate surface area is 341 Å². The first-order valence-electron chi connectivity index (χ1n) is 24.2. The molecule has 0 aliphatic heterocycles. The molecule has 0 saturated carbocycles. The summed E-state index contributed by atoms with van der Waals surface area (Å²) in [5, 5.41) is 0. The third-order valence-corrected chi connectivity index (χ3v) is 10.8. The second-order valence-corrected chi connectivity index (χ2v) is 16.4. The molecule has 324 valence electrons. The molecule has 0 spiro atoms. The molecule has 1 atom stereocenters. The lowest BCUT2D eigenvalue weighted by molar-refractivity contribution is -0.167. The van der Waals surface area contributed by atoms with Gasteiger partial charge in [0.05, 0.1) is 0 Å². The number of unbranched alkanes of at least 4 members (excludes halogenated alkanes) is 31. The predicted molar refractivity (Wildman–Crippen MR) is 233 cm³/mol. The van der Waals surface area contributed by atoms with Crippen molar-refractivity contribution in [2.75, 3.05) is 13.2 Å². The average molecular weight is 777 g/mol. The first-order valence-corrected chi connectivity index (χ1v) is 24.2. The van der Waals surface area contributed by atoms with E-state index in [0.29, 0.717) is 19.3 Å². The summed E-state index contributed by atoms with van der Waals surface area (Å²) in [6.07, 6.45) is 47.7. The van der Waals surface area contributed by atoms with Crippen LogP contribution >= 0.6 is 0 Å². The predicted octanol–water partition coefficient (Wildman–Crippen LogP) is 15.4. The van der Waals surface area contributed by atoms with Crippen molar-refractivity contribution in [1.29, 1.82) is 0 Å². The highest BCUT2D eigenvalue weighted by Gasteiger charge is 2.19. The maximum absolute atomic E-state index is 12.7. The zero-order valence-electron chi connectivity index (χ0n) is 37.0. The number of carbonyl (C=O) groups excluding carboxylic acids is 3. The quantitative estimate of drug-likeness (QED) is 0.0265. The van der Waals surface area contributed by atoms with Gasteiger partial charge in [-0.2, -0.15) is 0 Å². The van der Waals surface area contributed by atoms with Crippen molar-refractivity contribution in [3.63, 3.8) is 0 Å². The van der Waals surface area contributed by atoms with Gasteiger partial charge in [0.25, 0.3) is 0 Å². The van der Waals surface area contributed by atoms with E-state index in [4.69, 9.17) is 14.2 Å². The fraction of sp³-hybridized carbons (Fsp3) is 0.898. The van der Waals surface area contributed by atoms with E-state index in [1.54, 1.807) is 0 Å². The summed E-state index contributed by atoms with van der Waals surface area (Å²) in [5.74, 6) is -0.879. The highest BCUT2D eigenvalue weighted by atomic mass is 16.6. The van der Waals surface area contributed by atoms with Crippen LogP contribution in [-0.4, -0.2) is 37.2 Å². The molecular weight excluding hydrogens is 685 g/mol. The lowest BCUT2D eigenvalue weighted by Crippen LogP contribution is -2.30. The van der Waals surface area contributed by atoms with E-state index in [1.165, 1.54) is 154 Å². The maximum atomic E-state index is 12.7. The van der Waals surface area contributed by atoms with Gasteiger partial charge in [-0.25, -0.2) is 0 Å². The third kappa shape index (κ3) is 43.1. The number of rotatable bonds is 44. The van der Waals surface area contributed by atoms with Gasteiger partial charge < -0.3 is 14.2 Å². The van der Waals surface area contributed by atoms with Gasteiger partial charge in [0.1, 0.15) is 13.2 Å². The van der Waals surface area contributed by atoms with Gasteiger partial charge in [0.15, 0.2) is 6.10 Å². The molecule has 55 heavy (non-hydrogen) atoms. The molecule has 0 aromatic carbocycles. The smallest absolute Gasteiger partial charge is 0.306 e. The van der Waals surface area contributed by atoms with Crippen LogP contribution < -0.4 is 0 Å². The zero-order valence-corrected chi connectivity index (χ0v) is 37.0. The molecule has 0 rings (SSSR count). The Bertz CT molecular complexity index is 854. The minimum atomic E-state index is -0.769. The Morgan fingerprint density at radius 2 is 0.600 bits per heavy atom. The van der Waals surface area contributed by atoms with Crippen molar-refractivity contribution in [3.05, 3.63) is 12.2 Å². The minimum Gasteiger partial charge on any atom is -0.462 e. The minimum absolute atomic E-state index is 0.0714. The van der Waals surface area contributed by atoms with Crippen LogP contribution in [0.5, 0.6) is 0 Å². The lowest BCUT2D eigenvalue weighted by Gasteiger charge is -2.18. The van der Waals surface area contributed by atoms with E-state index in [-0.39, 0.29) is 31.1 Å². The highest BCUT2D eigenvalue weighted by molar-refractivity contribution is 5.71. The topological polar surface area (TPSA) is 78.9 Å². The van der Waals surface area contributed by atoms with E-state index in [2.05, 4.69) is 32.9 Å². The summed E-state index contributed by atoms with van der Waals surface area (Å²) in [6.45, 7) is 6.62. The molecule has 0 saturated heterocycles. The summed E-state index contributed by atoms with van der Waals surface area (Å²) in [4.78, 5) is 37.7. The maximum Gasteiger partial charge on any atom is 0.306 e. The van der Waals surface area contributed by atoms with Gasteiger partial charge in [-0.3, -0.25) is 14.4 Å². The molecule has 1 unspecified atom stereocenters. The van der Waals surface area contributed by atoms with Crippen LogP contribution in [0.15, 0.2) is 12.2 Å². The second-order valence-electron chi connectivity index (χ2n) is 16.4. The number of ether oxygens (including phenoxy) is 3. The Morgan fingerprint density at radius 1 is 0.345 bits per heavy atom. The normalized spacial score (nSPS) is 12.0. The lowest BCUT2D eigenvalue weighted by atomic mass is 10.0. The number of carbonyl (C=O) groups is 3. The average Bonchev–Trinajstić information content (AvgIpc) is 3.18. The van der Waals surface area contributed by atoms with Gasteiger partial charge in [-0.05, 0) is 44.9 Å². The van der Waals surface area contributed by atoms with E-state index < -0.39 is 6.10 Å². The van der Waals surface area contributed by atoms with Crippen LogP contribution in [0, 0.1) is 0 Å². The van der Waals surface area contributed by atoms with Gasteiger partial charge in [0.2, 0.25) is 0 Å². The van der Waals surface area contributed by atoms with Gasteiger partial charge in [-0.15, -0.1) is 0 Å². The highest BCUT2D eigenvalue weighted by Crippen LogP contribution is 2.15. The molecule has 6 heteroatoms. The molecule has 0 radical (unpaired) electrons. The van der Waals surface area contributed by atoms with Crippen LogP contribution in [0.2, 0.25) is 0 Å². The summed E-state index contributed by atoms with van der Waals surface area (Å²) in [6, 6.07) is 0. The number of hydrogen-bond acceptors (Lipinski definition) is 6. The largest absolute Gasteiger partial charge is 0.462 e. The molecule has 6 nitrogen and oxygen atoms in total. The molecule has 0 aliphatic rings. The Morgan fingerprint density at radius 3 is 0.927 bits per heavy atom. The number of hydrogen-bond donors (Lipinski definition) is 0. The van der Waals surface area contributed by atoms with E-state index in [0.717, 1.165) is 70.6 Å². The van der Waals surface area contributed by atoms with E-state index >= 15 is 0 Å². The number of esters is 3. The standard InChI is InChI=1S/C49H92O6/c1-4-7-10-13-16-19-21-23-24-26-27-30-33-36-39-42-48(51)54-45-46(44-53-47(50)41-38-35-32-29-18-15-12-9-6-3)55-49(52)43-40-37-34-31-28-25-22-20-17-14-11-8-5-2/h25,28,46H,4-24,26-27,29-45H2,1-3H3/b28-25-. The fourth-order valence-corrected chi connectivity index (χ4v) is 7.08. The molecule has 0 amide bonds. The molecule has 0 heterocycles. The molecule has 0 aromatic heterocycles. The van der Waals surface area contributed by atoms with Gasteiger partial charge in [-0.1, -0.05) is 213 Å². The van der Waals surface area contributed by atoms with Crippen LogP contribution in [0.25, 0.3) is 0 Å². The molecule has 0 bridgehead atoms. The second kappa shape index (κ2) is 44.9. The van der Waals surface area contributed by atoms with Gasteiger partial charge in [0, 0.05) is 19.3 Å². The summed E-state index contributed by atoms with van der Waals surface area (Å²) < 4.78 is 16.7. The Hall–Kier alpha value is -1.85. The van der Waals surface area contributed by atoms with Crippen molar-refractivity contribution in [3.8, 4) is 0 Å². The molecule has 0 aromatic rings. The van der Waals surface area contributed by atoms with Crippen molar-refractivity contribution in [2.45, 2.75) is 271 Å². The van der Waals surface area contributed by atoms with Gasteiger partial charge >= 0.3 is 17.9 Å².